The van der Waals surface area contributed by atoms with Crippen LogP contribution in [0.3, 0.4) is 0 Å². The third kappa shape index (κ3) is 3.81. The smallest absolute Gasteiger partial charge is 0.274 e. The molecule has 0 bridgehead atoms. The van der Waals surface area contributed by atoms with Gasteiger partial charge in [-0.05, 0) is 12.1 Å². The molecule has 0 saturated heterocycles. The number of H-pyrrole nitrogens is 1. The fourth-order valence-electron chi connectivity index (χ4n) is 2.20. The first kappa shape index (κ1) is 17.8. The molecule has 3 aromatic heterocycles. The van der Waals surface area contributed by atoms with Gasteiger partial charge in [-0.25, -0.2) is 4.98 Å². The van der Waals surface area contributed by atoms with Gasteiger partial charge in [0, 0.05) is 38.1 Å². The summed E-state index contributed by atoms with van der Waals surface area (Å²) in [6.07, 6.45) is 5.31. The number of rotatable bonds is 4. The van der Waals surface area contributed by atoms with Gasteiger partial charge in [-0.2, -0.15) is 4.57 Å². The molecule has 8 heteroatoms. The number of hydrogen-bond donors (Lipinski definition) is 1. The van der Waals surface area contributed by atoms with Crippen molar-refractivity contribution < 1.29 is 4.57 Å². The summed E-state index contributed by atoms with van der Waals surface area (Å²) >= 11 is 14.0. The van der Waals surface area contributed by atoms with E-state index in [0.717, 1.165) is 10.7 Å². The van der Waals surface area contributed by atoms with E-state index in [0.29, 0.717) is 15.7 Å². The molecule has 0 aromatic carbocycles. The monoisotopic (exact) mass is 393 g/mol. The van der Waals surface area contributed by atoms with Gasteiger partial charge in [-0.1, -0.05) is 41.0 Å². The second-order valence-electron chi connectivity index (χ2n) is 5.39. The molecule has 5 nitrogen and oxygen atoms in total. The first-order valence-corrected chi connectivity index (χ1v) is 8.94. The zero-order chi connectivity index (χ0) is 18.0. The average molecular weight is 394 g/mol. The van der Waals surface area contributed by atoms with Crippen LogP contribution in [0.5, 0.6) is 0 Å². The van der Waals surface area contributed by atoms with E-state index in [4.69, 9.17) is 23.2 Å². The minimum absolute atomic E-state index is 0.0398. The van der Waals surface area contributed by atoms with Gasteiger partial charge in [0.05, 0.1) is 0 Å². The van der Waals surface area contributed by atoms with E-state index < -0.39 is 5.56 Å². The van der Waals surface area contributed by atoms with Crippen LogP contribution in [-0.2, 0) is 0 Å². The lowest BCUT2D eigenvalue weighted by atomic mass is 10.3. The van der Waals surface area contributed by atoms with Gasteiger partial charge in [-0.15, -0.1) is 0 Å². The molecular formula is C17H15Cl2N4OS+. The first-order chi connectivity index (χ1) is 12.0. The summed E-state index contributed by atoms with van der Waals surface area (Å²) in [5, 5.41) is 1.62. The van der Waals surface area contributed by atoms with Crippen molar-refractivity contribution in [1.82, 2.24) is 9.97 Å². The molecule has 0 aliphatic rings. The molecule has 0 radical (unpaired) electrons. The molecule has 3 rings (SSSR count). The van der Waals surface area contributed by atoms with Crippen molar-refractivity contribution in [2.45, 2.75) is 10.1 Å². The van der Waals surface area contributed by atoms with Crippen molar-refractivity contribution in [3.05, 3.63) is 69.3 Å². The SMILES string of the molecule is CN(C)c1cc[n+](-c2c(Cl)c(Sc3ccccn3)[nH]c(=O)c2Cl)cc1. The Morgan fingerprint density at radius 3 is 2.44 bits per heavy atom. The Kier molecular flexibility index (Phi) is 5.32. The third-order valence-electron chi connectivity index (χ3n) is 3.47. The lowest BCUT2D eigenvalue weighted by Gasteiger charge is -2.11. The van der Waals surface area contributed by atoms with Crippen LogP contribution in [0.2, 0.25) is 10.0 Å². The maximum Gasteiger partial charge on any atom is 0.274 e. The molecule has 3 heterocycles. The van der Waals surface area contributed by atoms with Gasteiger partial charge in [0.2, 0.25) is 0 Å². The highest BCUT2D eigenvalue weighted by Gasteiger charge is 2.24. The van der Waals surface area contributed by atoms with Crippen molar-refractivity contribution in [2.75, 3.05) is 19.0 Å². The summed E-state index contributed by atoms with van der Waals surface area (Å²) in [6, 6.07) is 9.36. The summed E-state index contributed by atoms with van der Waals surface area (Å²) < 4.78 is 1.73. The molecule has 1 N–H and O–H groups in total. The summed E-state index contributed by atoms with van der Waals surface area (Å²) in [6.45, 7) is 0. The summed E-state index contributed by atoms with van der Waals surface area (Å²) in [4.78, 5) is 21.2. The van der Waals surface area contributed by atoms with Gasteiger partial charge < -0.3 is 9.88 Å². The van der Waals surface area contributed by atoms with Crippen LogP contribution in [0.15, 0.2) is 63.8 Å². The minimum atomic E-state index is -0.399. The summed E-state index contributed by atoms with van der Waals surface area (Å²) in [5.41, 5.74) is 1.07. The van der Waals surface area contributed by atoms with E-state index in [1.807, 2.05) is 61.7 Å². The molecular weight excluding hydrogens is 379 g/mol. The Hall–Kier alpha value is -2.02. The zero-order valence-electron chi connectivity index (χ0n) is 13.5. The lowest BCUT2D eigenvalue weighted by molar-refractivity contribution is -0.595. The van der Waals surface area contributed by atoms with Crippen molar-refractivity contribution >= 4 is 40.7 Å². The Balaban J connectivity index is 2.08. The number of nitrogens with one attached hydrogen (secondary N) is 1. The van der Waals surface area contributed by atoms with E-state index in [1.54, 1.807) is 10.8 Å². The normalized spacial score (nSPS) is 10.7. The number of halogens is 2. The Morgan fingerprint density at radius 2 is 1.84 bits per heavy atom. The summed E-state index contributed by atoms with van der Waals surface area (Å²) in [5.74, 6) is 0. The maximum absolute atomic E-state index is 12.3. The van der Waals surface area contributed by atoms with Crippen molar-refractivity contribution in [1.29, 1.82) is 0 Å². The standard InChI is InChI=1S/C17H14Cl2N4OS/c1-22(2)11-6-9-23(10-7-11)15-13(18)16(24)21-17(14(15)19)25-12-5-3-4-8-20-12/h3-10H,1-2H3/p+1. The largest absolute Gasteiger partial charge is 0.377 e. The highest BCUT2D eigenvalue weighted by atomic mass is 35.5. The van der Waals surface area contributed by atoms with Crippen LogP contribution in [0, 0.1) is 0 Å². The van der Waals surface area contributed by atoms with Gasteiger partial charge in [0.1, 0.15) is 15.1 Å². The number of nitrogens with zero attached hydrogens (tertiary/aromatic N) is 3. The molecule has 0 fully saturated rings. The maximum atomic E-state index is 12.3. The van der Waals surface area contributed by atoms with Crippen molar-refractivity contribution in [2.24, 2.45) is 0 Å². The molecule has 0 unspecified atom stereocenters. The van der Waals surface area contributed by atoms with Crippen LogP contribution in [-0.4, -0.2) is 24.1 Å². The molecule has 0 amide bonds. The molecule has 128 valence electrons. The Labute approximate surface area is 159 Å². The predicted octanol–water partition coefficient (Wildman–Crippen LogP) is 3.57. The average Bonchev–Trinajstić information content (AvgIpc) is 2.61. The number of aromatic nitrogens is 3. The fraction of sp³-hybridized carbons (Fsp3) is 0.118. The number of pyridine rings is 3. The quantitative estimate of drug-likeness (QED) is 0.688. The Bertz CT molecular complexity index is 943. The summed E-state index contributed by atoms with van der Waals surface area (Å²) in [7, 11) is 3.91. The highest BCUT2D eigenvalue weighted by Crippen LogP contribution is 2.33. The lowest BCUT2D eigenvalue weighted by Crippen LogP contribution is -2.33. The van der Waals surface area contributed by atoms with Crippen molar-refractivity contribution in [3.63, 3.8) is 0 Å². The third-order valence-corrected chi connectivity index (χ3v) is 5.26. The van der Waals surface area contributed by atoms with Gasteiger partial charge >= 0.3 is 0 Å². The first-order valence-electron chi connectivity index (χ1n) is 7.36. The second-order valence-corrected chi connectivity index (χ2v) is 7.17. The Morgan fingerprint density at radius 1 is 1.12 bits per heavy atom. The minimum Gasteiger partial charge on any atom is -0.377 e. The fourth-order valence-corrected chi connectivity index (χ4v) is 3.64. The van der Waals surface area contributed by atoms with Gasteiger partial charge in [0.25, 0.3) is 11.2 Å². The van der Waals surface area contributed by atoms with E-state index >= 15 is 0 Å². The molecule has 25 heavy (non-hydrogen) atoms. The molecule has 0 spiro atoms. The van der Waals surface area contributed by atoms with E-state index in [2.05, 4.69) is 9.97 Å². The molecule has 0 saturated carbocycles. The molecule has 0 atom stereocenters. The molecule has 3 aromatic rings. The van der Waals surface area contributed by atoms with Crippen LogP contribution in [0.25, 0.3) is 5.69 Å². The molecule has 0 aliphatic carbocycles. The number of anilines is 1. The predicted molar refractivity (Wildman–Crippen MR) is 101 cm³/mol. The van der Waals surface area contributed by atoms with E-state index in [1.165, 1.54) is 11.8 Å². The zero-order valence-corrected chi connectivity index (χ0v) is 15.9. The van der Waals surface area contributed by atoms with Crippen LogP contribution in [0.4, 0.5) is 5.69 Å². The molecule has 0 aliphatic heterocycles. The van der Waals surface area contributed by atoms with Crippen molar-refractivity contribution in [3.8, 4) is 5.69 Å². The second kappa shape index (κ2) is 7.47. The van der Waals surface area contributed by atoms with Crippen LogP contribution in [0.1, 0.15) is 0 Å². The number of hydrogen-bond acceptors (Lipinski definition) is 4. The van der Waals surface area contributed by atoms with Gasteiger partial charge in [-0.3, -0.25) is 4.79 Å². The highest BCUT2D eigenvalue weighted by molar-refractivity contribution is 7.99. The van der Waals surface area contributed by atoms with Crippen LogP contribution < -0.4 is 15.0 Å². The van der Waals surface area contributed by atoms with Crippen LogP contribution >= 0.6 is 35.0 Å². The topological polar surface area (TPSA) is 52.9 Å². The van der Waals surface area contributed by atoms with E-state index in [-0.39, 0.29) is 5.02 Å². The van der Waals surface area contributed by atoms with E-state index in [9.17, 15) is 4.79 Å². The number of aromatic amines is 1. The van der Waals surface area contributed by atoms with Gasteiger partial charge in [0.15, 0.2) is 17.4 Å².